The standard InChI is InChI=1S/C18H32N6O/c1-4-18(8-6-9-18)13-24-17(20-21-22-24)23-10-5-7-15(12-23)11-19-16(25)14(2)3/h14-15H,4-13H2,1-3H3,(H,19,25). The quantitative estimate of drug-likeness (QED) is 0.818. The predicted molar refractivity (Wildman–Crippen MR) is 97.2 cm³/mol. The smallest absolute Gasteiger partial charge is 0.245 e. The van der Waals surface area contributed by atoms with Gasteiger partial charge in [-0.3, -0.25) is 4.79 Å². The highest BCUT2D eigenvalue weighted by atomic mass is 16.1. The summed E-state index contributed by atoms with van der Waals surface area (Å²) in [5, 5.41) is 15.6. The van der Waals surface area contributed by atoms with Crippen molar-refractivity contribution in [2.45, 2.75) is 65.8 Å². The Morgan fingerprint density at radius 2 is 2.16 bits per heavy atom. The topological polar surface area (TPSA) is 75.9 Å². The zero-order chi connectivity index (χ0) is 17.9. The van der Waals surface area contributed by atoms with Crippen LogP contribution in [-0.4, -0.2) is 45.7 Å². The maximum atomic E-state index is 11.8. The molecule has 1 amide bonds. The Balaban J connectivity index is 1.60. The lowest BCUT2D eigenvalue weighted by Crippen LogP contribution is -2.43. The Hall–Kier alpha value is -1.66. The number of amides is 1. The summed E-state index contributed by atoms with van der Waals surface area (Å²) in [7, 11) is 0. The number of aromatic nitrogens is 4. The normalized spacial score (nSPS) is 22.7. The van der Waals surface area contributed by atoms with E-state index in [2.05, 4.69) is 32.7 Å². The van der Waals surface area contributed by atoms with Gasteiger partial charge >= 0.3 is 0 Å². The second-order valence-electron chi connectivity index (χ2n) is 8.20. The molecule has 1 unspecified atom stereocenters. The maximum absolute atomic E-state index is 11.8. The van der Waals surface area contributed by atoms with Crippen molar-refractivity contribution in [3.8, 4) is 0 Å². The second kappa shape index (κ2) is 7.70. The van der Waals surface area contributed by atoms with Crippen LogP contribution < -0.4 is 10.2 Å². The molecule has 0 radical (unpaired) electrons. The van der Waals surface area contributed by atoms with Crippen LogP contribution in [0, 0.1) is 17.3 Å². The molecule has 7 nitrogen and oxygen atoms in total. The fourth-order valence-electron chi connectivity index (χ4n) is 4.01. The molecule has 0 bridgehead atoms. The van der Waals surface area contributed by atoms with Gasteiger partial charge in [-0.05, 0) is 53.9 Å². The summed E-state index contributed by atoms with van der Waals surface area (Å²) in [5.74, 6) is 1.54. The molecule has 1 aromatic rings. The molecule has 2 fully saturated rings. The summed E-state index contributed by atoms with van der Waals surface area (Å²) in [6, 6.07) is 0. The average Bonchev–Trinajstić information content (AvgIpc) is 3.04. The van der Waals surface area contributed by atoms with E-state index in [1.807, 2.05) is 18.5 Å². The van der Waals surface area contributed by atoms with E-state index in [0.717, 1.165) is 45.0 Å². The van der Waals surface area contributed by atoms with Gasteiger partial charge in [0, 0.05) is 25.6 Å². The fourth-order valence-corrected chi connectivity index (χ4v) is 4.01. The molecular weight excluding hydrogens is 316 g/mol. The lowest BCUT2D eigenvalue weighted by atomic mass is 9.67. The minimum absolute atomic E-state index is 0.0414. The summed E-state index contributed by atoms with van der Waals surface area (Å²) < 4.78 is 2.01. The van der Waals surface area contributed by atoms with E-state index in [1.54, 1.807) is 0 Å². The molecule has 0 aromatic carbocycles. The molecule has 1 aliphatic heterocycles. The Kier molecular flexibility index (Phi) is 5.59. The lowest BCUT2D eigenvalue weighted by molar-refractivity contribution is -0.124. The summed E-state index contributed by atoms with van der Waals surface area (Å²) >= 11 is 0. The second-order valence-corrected chi connectivity index (χ2v) is 8.20. The van der Waals surface area contributed by atoms with E-state index in [1.165, 1.54) is 25.7 Å². The number of nitrogens with one attached hydrogen (secondary N) is 1. The van der Waals surface area contributed by atoms with Crippen LogP contribution in [0.1, 0.15) is 59.3 Å². The van der Waals surface area contributed by atoms with Gasteiger partial charge in [0.15, 0.2) is 0 Å². The Morgan fingerprint density at radius 3 is 2.80 bits per heavy atom. The third-order valence-electron chi connectivity index (χ3n) is 6.05. The first-order valence-electron chi connectivity index (χ1n) is 9.82. The van der Waals surface area contributed by atoms with Gasteiger partial charge in [-0.1, -0.05) is 32.3 Å². The van der Waals surface area contributed by atoms with Gasteiger partial charge in [0.2, 0.25) is 11.9 Å². The monoisotopic (exact) mass is 348 g/mol. The highest BCUT2D eigenvalue weighted by molar-refractivity contribution is 5.77. The summed E-state index contributed by atoms with van der Waals surface area (Å²) in [6.45, 7) is 9.72. The van der Waals surface area contributed by atoms with Gasteiger partial charge in [0.1, 0.15) is 0 Å². The Labute approximate surface area is 150 Å². The third-order valence-corrected chi connectivity index (χ3v) is 6.05. The molecule has 140 valence electrons. The minimum Gasteiger partial charge on any atom is -0.356 e. The first-order chi connectivity index (χ1) is 12.0. The summed E-state index contributed by atoms with van der Waals surface area (Å²) in [4.78, 5) is 14.1. The minimum atomic E-state index is 0.0414. The van der Waals surface area contributed by atoms with Crippen LogP contribution >= 0.6 is 0 Å². The van der Waals surface area contributed by atoms with E-state index in [4.69, 9.17) is 0 Å². The molecule has 1 N–H and O–H groups in total. The van der Waals surface area contributed by atoms with Gasteiger partial charge in [0.25, 0.3) is 0 Å². The van der Waals surface area contributed by atoms with Gasteiger partial charge in [0.05, 0.1) is 6.54 Å². The zero-order valence-corrected chi connectivity index (χ0v) is 15.9. The largest absolute Gasteiger partial charge is 0.356 e. The molecule has 1 aliphatic carbocycles. The number of hydrogen-bond acceptors (Lipinski definition) is 5. The van der Waals surface area contributed by atoms with Crippen molar-refractivity contribution in [2.24, 2.45) is 17.3 Å². The molecule has 25 heavy (non-hydrogen) atoms. The Morgan fingerprint density at radius 1 is 1.36 bits per heavy atom. The highest BCUT2D eigenvalue weighted by Gasteiger charge is 2.37. The number of hydrogen-bond donors (Lipinski definition) is 1. The van der Waals surface area contributed by atoms with E-state index in [9.17, 15) is 4.79 Å². The maximum Gasteiger partial charge on any atom is 0.245 e. The van der Waals surface area contributed by atoms with Crippen molar-refractivity contribution in [3.05, 3.63) is 0 Å². The molecule has 7 heteroatoms. The molecule has 1 saturated carbocycles. The predicted octanol–water partition coefficient (Wildman–Crippen LogP) is 2.24. The summed E-state index contributed by atoms with van der Waals surface area (Å²) in [6.07, 6.45) is 7.35. The van der Waals surface area contributed by atoms with Crippen molar-refractivity contribution >= 4 is 11.9 Å². The van der Waals surface area contributed by atoms with Crippen molar-refractivity contribution in [3.63, 3.8) is 0 Å². The first kappa shape index (κ1) is 18.1. The molecule has 3 rings (SSSR count). The number of tetrazole rings is 1. The number of carbonyl (C=O) groups excluding carboxylic acids is 1. The van der Waals surface area contributed by atoms with Crippen LogP contribution in [0.3, 0.4) is 0 Å². The van der Waals surface area contributed by atoms with E-state index >= 15 is 0 Å². The van der Waals surface area contributed by atoms with E-state index < -0.39 is 0 Å². The number of nitrogens with zero attached hydrogens (tertiary/aromatic N) is 5. The number of piperidine rings is 1. The van der Waals surface area contributed by atoms with Crippen LogP contribution in [0.2, 0.25) is 0 Å². The SMILES string of the molecule is CCC1(Cn2nnnc2N2CCCC(CNC(=O)C(C)C)C2)CCC1. The van der Waals surface area contributed by atoms with Crippen LogP contribution in [0.4, 0.5) is 5.95 Å². The number of carbonyl (C=O) groups is 1. The van der Waals surface area contributed by atoms with E-state index in [0.29, 0.717) is 11.3 Å². The summed E-state index contributed by atoms with van der Waals surface area (Å²) in [5.41, 5.74) is 0.393. The first-order valence-corrected chi connectivity index (χ1v) is 9.82. The zero-order valence-electron chi connectivity index (χ0n) is 15.9. The van der Waals surface area contributed by atoms with Gasteiger partial charge < -0.3 is 10.2 Å². The number of anilines is 1. The van der Waals surface area contributed by atoms with E-state index in [-0.39, 0.29) is 11.8 Å². The van der Waals surface area contributed by atoms with Crippen LogP contribution in [0.5, 0.6) is 0 Å². The third kappa shape index (κ3) is 4.12. The lowest BCUT2D eigenvalue weighted by Gasteiger charge is -2.41. The fraction of sp³-hybridized carbons (Fsp3) is 0.889. The van der Waals surface area contributed by atoms with Crippen LogP contribution in [0.25, 0.3) is 0 Å². The van der Waals surface area contributed by atoms with Gasteiger partial charge in [-0.25, -0.2) is 4.68 Å². The van der Waals surface area contributed by atoms with Gasteiger partial charge in [-0.2, -0.15) is 0 Å². The van der Waals surface area contributed by atoms with Crippen molar-refractivity contribution in [2.75, 3.05) is 24.5 Å². The molecule has 2 aliphatic rings. The molecule has 1 saturated heterocycles. The molecular formula is C18H32N6O. The highest BCUT2D eigenvalue weighted by Crippen LogP contribution is 2.45. The van der Waals surface area contributed by atoms with Crippen molar-refractivity contribution < 1.29 is 4.79 Å². The molecule has 1 aromatic heterocycles. The molecule has 0 spiro atoms. The van der Waals surface area contributed by atoms with Crippen molar-refractivity contribution in [1.82, 2.24) is 25.5 Å². The molecule has 1 atom stereocenters. The van der Waals surface area contributed by atoms with Gasteiger partial charge in [-0.15, -0.1) is 0 Å². The Bertz CT molecular complexity index is 574. The van der Waals surface area contributed by atoms with Crippen LogP contribution in [-0.2, 0) is 11.3 Å². The number of rotatable bonds is 7. The molecule has 2 heterocycles. The van der Waals surface area contributed by atoms with Crippen molar-refractivity contribution in [1.29, 1.82) is 0 Å². The van der Waals surface area contributed by atoms with Crippen LogP contribution in [0.15, 0.2) is 0 Å². The average molecular weight is 348 g/mol.